The van der Waals surface area contributed by atoms with Crippen molar-refractivity contribution in [3.05, 3.63) is 46.0 Å². The molecule has 10 heteroatoms. The van der Waals surface area contributed by atoms with Gasteiger partial charge in [-0.05, 0) is 12.0 Å². The monoisotopic (exact) mass is 337 g/mol. The molecule has 0 aliphatic rings. The van der Waals surface area contributed by atoms with Gasteiger partial charge in [0.1, 0.15) is 12.9 Å². The molecule has 0 aromatic heterocycles. The van der Waals surface area contributed by atoms with Gasteiger partial charge in [0, 0.05) is 6.54 Å². The van der Waals surface area contributed by atoms with E-state index in [4.69, 9.17) is 16.2 Å². The van der Waals surface area contributed by atoms with Gasteiger partial charge in [0.15, 0.2) is 17.0 Å². The maximum absolute atomic E-state index is 12.1. The van der Waals surface area contributed by atoms with Crippen LogP contribution in [0, 0.1) is 16.0 Å². The molecule has 1 aromatic rings. The Morgan fingerprint density at radius 3 is 2.58 bits per heavy atom. The molecule has 0 radical (unpaired) electrons. The van der Waals surface area contributed by atoms with Gasteiger partial charge >= 0.3 is 5.97 Å². The molecule has 0 spiro atoms. The van der Waals surface area contributed by atoms with Gasteiger partial charge in [0.05, 0.1) is 5.92 Å². The third-order valence-electron chi connectivity index (χ3n) is 3.08. The van der Waals surface area contributed by atoms with E-state index in [1.165, 1.54) is 0 Å². The minimum atomic E-state index is -1.43. The Balaban J connectivity index is 2.73. The Labute approximate surface area is 138 Å². The van der Waals surface area contributed by atoms with E-state index >= 15 is 0 Å². The molecule has 0 aliphatic heterocycles. The van der Waals surface area contributed by atoms with Crippen LogP contribution in [0.1, 0.15) is 12.0 Å². The number of hydrazine groups is 1. The van der Waals surface area contributed by atoms with Gasteiger partial charge in [-0.3, -0.25) is 4.99 Å². The van der Waals surface area contributed by atoms with Crippen LogP contribution in [0.3, 0.4) is 0 Å². The molecule has 0 fully saturated rings. The SMILES string of the molecule is NC(N)=NCCC(C=O)[C@H](N[N+](=O)[O-])C(=O)OCc1ccccc1. The largest absolute Gasteiger partial charge is 0.459 e. The number of nitrogens with zero attached hydrogens (tertiary/aromatic N) is 2. The second-order valence-corrected chi connectivity index (χ2v) is 4.85. The average Bonchev–Trinajstić information content (AvgIpc) is 2.55. The van der Waals surface area contributed by atoms with Crippen LogP contribution in [0.2, 0.25) is 0 Å². The van der Waals surface area contributed by atoms with Crippen LogP contribution in [-0.2, 0) is 20.9 Å². The Morgan fingerprint density at radius 2 is 2.04 bits per heavy atom. The van der Waals surface area contributed by atoms with Crippen molar-refractivity contribution in [1.82, 2.24) is 5.43 Å². The minimum Gasteiger partial charge on any atom is -0.459 e. The molecule has 1 rings (SSSR count). The van der Waals surface area contributed by atoms with Crippen molar-refractivity contribution in [3.8, 4) is 0 Å². The summed E-state index contributed by atoms with van der Waals surface area (Å²) >= 11 is 0. The second kappa shape index (κ2) is 9.77. The summed E-state index contributed by atoms with van der Waals surface area (Å²) in [5.74, 6) is -2.09. The zero-order valence-electron chi connectivity index (χ0n) is 12.8. The number of guanidine groups is 1. The molecule has 1 aromatic carbocycles. The van der Waals surface area contributed by atoms with Gasteiger partial charge in [0.25, 0.3) is 0 Å². The fourth-order valence-electron chi connectivity index (χ4n) is 1.91. The van der Waals surface area contributed by atoms with Crippen LogP contribution < -0.4 is 16.9 Å². The predicted molar refractivity (Wildman–Crippen MR) is 85.0 cm³/mol. The maximum atomic E-state index is 12.1. The molecule has 0 aliphatic carbocycles. The lowest BCUT2D eigenvalue weighted by atomic mass is 9.98. The highest BCUT2D eigenvalue weighted by Crippen LogP contribution is 2.11. The number of hydrogen-bond acceptors (Lipinski definition) is 6. The highest BCUT2D eigenvalue weighted by Gasteiger charge is 2.33. The highest BCUT2D eigenvalue weighted by molar-refractivity contribution is 5.80. The first-order chi connectivity index (χ1) is 11.4. The fourth-order valence-corrected chi connectivity index (χ4v) is 1.91. The summed E-state index contributed by atoms with van der Waals surface area (Å²) in [6, 6.07) is 7.36. The molecular weight excluding hydrogens is 318 g/mol. The number of nitrogens with two attached hydrogens (primary N) is 2. The Hall–Kier alpha value is -3.17. The molecule has 5 N–H and O–H groups in total. The standard InChI is InChI=1S/C14H19N5O5/c15-14(16)17-7-6-11(8-20)12(18-19(22)23)13(21)24-9-10-4-2-1-3-5-10/h1-5,8,11-12,18H,6-7,9H2,(H4,15,16,17)/t11?,12-/m0/s1. The molecule has 10 nitrogen and oxygen atoms in total. The van der Waals surface area contributed by atoms with Crippen LogP contribution in [0.4, 0.5) is 0 Å². The summed E-state index contributed by atoms with van der Waals surface area (Å²) in [5, 5.41) is 9.80. The number of carbonyl (C=O) groups is 2. The third-order valence-corrected chi connectivity index (χ3v) is 3.08. The number of aldehydes is 1. The zero-order valence-corrected chi connectivity index (χ0v) is 12.8. The average molecular weight is 337 g/mol. The summed E-state index contributed by atoms with van der Waals surface area (Å²) in [6.45, 7) is -0.0113. The van der Waals surface area contributed by atoms with E-state index in [1.807, 2.05) is 5.43 Å². The van der Waals surface area contributed by atoms with Crippen LogP contribution in [0.5, 0.6) is 0 Å². The number of benzene rings is 1. The molecule has 1 unspecified atom stereocenters. The number of nitro groups is 1. The lowest BCUT2D eigenvalue weighted by Crippen LogP contribution is -2.47. The first-order valence-corrected chi connectivity index (χ1v) is 7.06. The van der Waals surface area contributed by atoms with Crippen molar-refractivity contribution < 1.29 is 19.4 Å². The molecule has 0 bridgehead atoms. The number of nitrogens with one attached hydrogen (secondary N) is 1. The van der Waals surface area contributed by atoms with E-state index in [2.05, 4.69) is 4.99 Å². The van der Waals surface area contributed by atoms with E-state index in [-0.39, 0.29) is 25.5 Å². The van der Waals surface area contributed by atoms with Crippen molar-refractivity contribution >= 4 is 18.2 Å². The zero-order chi connectivity index (χ0) is 17.9. The highest BCUT2D eigenvalue weighted by atomic mass is 16.7. The third kappa shape index (κ3) is 6.73. The number of rotatable bonds is 10. The quantitative estimate of drug-likeness (QED) is 0.127. The van der Waals surface area contributed by atoms with Crippen molar-refractivity contribution in [2.75, 3.05) is 6.54 Å². The van der Waals surface area contributed by atoms with Crippen molar-refractivity contribution in [2.45, 2.75) is 19.1 Å². The van der Waals surface area contributed by atoms with Gasteiger partial charge in [-0.25, -0.2) is 14.9 Å². The van der Waals surface area contributed by atoms with Gasteiger partial charge in [-0.2, -0.15) is 0 Å². The van der Waals surface area contributed by atoms with Crippen molar-refractivity contribution in [3.63, 3.8) is 0 Å². The topological polar surface area (TPSA) is 163 Å². The summed E-state index contributed by atoms with van der Waals surface area (Å²) in [7, 11) is 0. The van der Waals surface area contributed by atoms with Gasteiger partial charge in [-0.1, -0.05) is 30.3 Å². The minimum absolute atomic E-state index is 0.0490. The molecule has 2 atom stereocenters. The summed E-state index contributed by atoms with van der Waals surface area (Å²) in [5.41, 5.74) is 12.9. The summed E-state index contributed by atoms with van der Waals surface area (Å²) in [4.78, 5) is 37.7. The number of hydrogen-bond donors (Lipinski definition) is 3. The number of aliphatic imine (C=N–C) groups is 1. The van der Waals surface area contributed by atoms with Crippen molar-refractivity contribution in [1.29, 1.82) is 0 Å². The Bertz CT molecular complexity index is 588. The second-order valence-electron chi connectivity index (χ2n) is 4.85. The van der Waals surface area contributed by atoms with Crippen LogP contribution in [0.25, 0.3) is 0 Å². The van der Waals surface area contributed by atoms with Crippen LogP contribution in [-0.4, -0.2) is 35.8 Å². The fraction of sp³-hybridized carbons (Fsp3) is 0.357. The van der Waals surface area contributed by atoms with Gasteiger partial charge in [0.2, 0.25) is 0 Å². The Morgan fingerprint density at radius 1 is 1.38 bits per heavy atom. The van der Waals surface area contributed by atoms with E-state index in [0.717, 1.165) is 0 Å². The van der Waals surface area contributed by atoms with E-state index in [1.54, 1.807) is 30.3 Å². The number of esters is 1. The van der Waals surface area contributed by atoms with Crippen LogP contribution in [0.15, 0.2) is 35.3 Å². The molecule has 0 saturated heterocycles. The smallest absolute Gasteiger partial charge is 0.335 e. The normalized spacial score (nSPS) is 12.5. The van der Waals surface area contributed by atoms with Crippen LogP contribution >= 0.6 is 0 Å². The molecular formula is C14H19N5O5. The summed E-state index contributed by atoms with van der Waals surface area (Å²) in [6.07, 6.45) is 0.487. The van der Waals surface area contributed by atoms with E-state index in [9.17, 15) is 19.7 Å². The van der Waals surface area contributed by atoms with E-state index < -0.39 is 23.0 Å². The number of carbonyl (C=O) groups excluding carboxylic acids is 2. The lowest BCUT2D eigenvalue weighted by molar-refractivity contribution is -0.550. The van der Waals surface area contributed by atoms with E-state index in [0.29, 0.717) is 11.8 Å². The summed E-state index contributed by atoms with van der Waals surface area (Å²) < 4.78 is 5.05. The Kier molecular flexibility index (Phi) is 7.68. The molecule has 0 heterocycles. The molecule has 0 saturated carbocycles. The first kappa shape index (κ1) is 18.9. The van der Waals surface area contributed by atoms with Gasteiger partial charge in [-0.15, -0.1) is 5.43 Å². The maximum Gasteiger partial charge on any atom is 0.335 e. The molecule has 24 heavy (non-hydrogen) atoms. The molecule has 0 amide bonds. The van der Waals surface area contributed by atoms with Gasteiger partial charge < -0.3 is 21.0 Å². The predicted octanol–water partition coefficient (Wildman–Crippen LogP) is -0.642. The molecule has 130 valence electrons. The first-order valence-electron chi connectivity index (χ1n) is 7.06. The lowest BCUT2D eigenvalue weighted by Gasteiger charge is -2.18. The number of ether oxygens (including phenoxy) is 1. The van der Waals surface area contributed by atoms with Crippen molar-refractivity contribution in [2.24, 2.45) is 22.4 Å².